The zero-order valence-electron chi connectivity index (χ0n) is 21.6. The average molecular weight is 547 g/mol. The maximum atomic E-state index is 14.3. The summed E-state index contributed by atoms with van der Waals surface area (Å²) in [6, 6.07) is 18.1. The van der Waals surface area contributed by atoms with E-state index in [1.165, 1.54) is 41.2 Å². The Morgan fingerprint density at radius 2 is 1.87 bits per heavy atom. The summed E-state index contributed by atoms with van der Waals surface area (Å²) in [7, 11) is 2.07. The zero-order chi connectivity index (χ0) is 27.6. The van der Waals surface area contributed by atoms with Crippen molar-refractivity contribution >= 4 is 29.2 Å². The Labute approximate surface area is 230 Å². The SMILES string of the molecule is CN1CCC(C)(CNC(=O)c2cc(NC(=O)c3cc(-c4ncccc4F)ccc3Cl)n(-c3ccccc3)n2)C1. The molecule has 0 spiro atoms. The molecule has 1 fully saturated rings. The lowest BCUT2D eigenvalue weighted by molar-refractivity contribution is 0.0928. The second-order valence-electron chi connectivity index (χ2n) is 10.1. The summed E-state index contributed by atoms with van der Waals surface area (Å²) in [4.78, 5) is 32.8. The molecule has 2 amide bonds. The number of hydrogen-bond donors (Lipinski definition) is 2. The fraction of sp³-hybridized carbons (Fsp3) is 0.241. The van der Waals surface area contributed by atoms with Gasteiger partial charge < -0.3 is 15.5 Å². The van der Waals surface area contributed by atoms with E-state index in [1.807, 2.05) is 30.3 Å². The largest absolute Gasteiger partial charge is 0.350 e. The maximum Gasteiger partial charge on any atom is 0.271 e. The number of carbonyl (C=O) groups excluding carboxylic acids is 2. The minimum absolute atomic E-state index is 0.0156. The lowest BCUT2D eigenvalue weighted by Crippen LogP contribution is -2.37. The van der Waals surface area contributed by atoms with Gasteiger partial charge in [-0.1, -0.05) is 42.8 Å². The molecule has 2 N–H and O–H groups in total. The molecule has 5 rings (SSSR count). The standard InChI is InChI=1S/C29H28ClFN6O2/c1-29(12-14-36(2)18-29)17-33-28(39)24-16-25(37(35-24)20-7-4-3-5-8-20)34-27(38)21-15-19(10-11-22(21)30)26-23(31)9-6-13-32-26/h3-11,13,15-16H,12,14,17-18H2,1-2H3,(H,33,39)(H,34,38). The molecule has 1 unspecified atom stereocenters. The molecule has 2 aromatic heterocycles. The fourth-order valence-electron chi connectivity index (χ4n) is 4.77. The van der Waals surface area contributed by atoms with E-state index in [-0.39, 0.29) is 39.1 Å². The molecule has 200 valence electrons. The summed E-state index contributed by atoms with van der Waals surface area (Å²) < 4.78 is 15.8. The third kappa shape index (κ3) is 5.84. The lowest BCUT2D eigenvalue weighted by Gasteiger charge is -2.23. The van der Waals surface area contributed by atoms with E-state index < -0.39 is 11.7 Å². The van der Waals surface area contributed by atoms with Crippen LogP contribution in [0.5, 0.6) is 0 Å². The number of hydrogen-bond acceptors (Lipinski definition) is 5. The van der Waals surface area contributed by atoms with Crippen LogP contribution in [0.1, 0.15) is 34.2 Å². The van der Waals surface area contributed by atoms with E-state index in [4.69, 9.17) is 11.6 Å². The molecule has 0 radical (unpaired) electrons. The van der Waals surface area contributed by atoms with Gasteiger partial charge in [0.15, 0.2) is 5.69 Å². The molecule has 3 heterocycles. The molecule has 10 heteroatoms. The van der Waals surface area contributed by atoms with Crippen LogP contribution in [0, 0.1) is 11.2 Å². The highest BCUT2D eigenvalue weighted by Crippen LogP contribution is 2.29. The van der Waals surface area contributed by atoms with Crippen LogP contribution in [0.2, 0.25) is 5.02 Å². The predicted molar refractivity (Wildman–Crippen MR) is 149 cm³/mol. The summed E-state index contributed by atoms with van der Waals surface area (Å²) in [5.41, 5.74) is 1.46. The van der Waals surface area contributed by atoms with Crippen molar-refractivity contribution < 1.29 is 14.0 Å². The highest BCUT2D eigenvalue weighted by molar-refractivity contribution is 6.34. The number of benzene rings is 2. The first-order chi connectivity index (χ1) is 18.7. The second kappa shape index (κ2) is 11.0. The fourth-order valence-corrected chi connectivity index (χ4v) is 4.98. The number of likely N-dealkylation sites (tertiary alicyclic amines) is 1. The number of pyridine rings is 1. The van der Waals surface area contributed by atoms with Crippen molar-refractivity contribution in [2.24, 2.45) is 5.41 Å². The van der Waals surface area contributed by atoms with Gasteiger partial charge in [0.2, 0.25) is 0 Å². The number of amides is 2. The monoisotopic (exact) mass is 546 g/mol. The van der Waals surface area contributed by atoms with E-state index in [1.54, 1.807) is 6.07 Å². The molecule has 2 aromatic carbocycles. The topological polar surface area (TPSA) is 92.2 Å². The molecule has 39 heavy (non-hydrogen) atoms. The average Bonchev–Trinajstić information content (AvgIpc) is 3.51. The normalized spacial score (nSPS) is 17.2. The number of nitrogens with one attached hydrogen (secondary N) is 2. The molecule has 1 aliphatic rings. The highest BCUT2D eigenvalue weighted by Gasteiger charge is 2.32. The van der Waals surface area contributed by atoms with E-state index in [0.29, 0.717) is 17.8 Å². The van der Waals surface area contributed by atoms with Gasteiger partial charge in [-0.3, -0.25) is 14.6 Å². The minimum Gasteiger partial charge on any atom is -0.350 e. The molecule has 1 atom stereocenters. The molecular formula is C29H28ClFN6O2. The molecule has 0 saturated carbocycles. The Morgan fingerprint density at radius 1 is 1.08 bits per heavy atom. The van der Waals surface area contributed by atoms with Crippen LogP contribution in [0.15, 0.2) is 72.9 Å². The quantitative estimate of drug-likeness (QED) is 0.338. The van der Waals surface area contributed by atoms with Crippen LogP contribution in [0.3, 0.4) is 0 Å². The van der Waals surface area contributed by atoms with Crippen molar-refractivity contribution in [3.8, 4) is 16.9 Å². The molecule has 1 aliphatic heterocycles. The summed E-state index contributed by atoms with van der Waals surface area (Å²) in [6.07, 6.45) is 2.47. The third-order valence-electron chi connectivity index (χ3n) is 6.85. The minimum atomic E-state index is -0.538. The highest BCUT2D eigenvalue weighted by atomic mass is 35.5. The smallest absolute Gasteiger partial charge is 0.271 e. The number of rotatable bonds is 7. The van der Waals surface area contributed by atoms with E-state index in [2.05, 4.69) is 39.6 Å². The second-order valence-corrected chi connectivity index (χ2v) is 10.5. The summed E-state index contributed by atoms with van der Waals surface area (Å²) in [5.74, 6) is -1.10. The van der Waals surface area contributed by atoms with Crippen molar-refractivity contribution in [3.05, 3.63) is 95.0 Å². The van der Waals surface area contributed by atoms with Crippen LogP contribution in [0.4, 0.5) is 10.2 Å². The van der Waals surface area contributed by atoms with Crippen molar-refractivity contribution in [2.75, 3.05) is 32.0 Å². The number of para-hydroxylation sites is 1. The first-order valence-corrected chi connectivity index (χ1v) is 12.9. The molecule has 1 saturated heterocycles. The number of halogens is 2. The molecule has 8 nitrogen and oxygen atoms in total. The number of aromatic nitrogens is 3. The third-order valence-corrected chi connectivity index (χ3v) is 7.18. The first kappa shape index (κ1) is 26.5. The first-order valence-electron chi connectivity index (χ1n) is 12.6. The molecule has 0 bridgehead atoms. The molecular weight excluding hydrogens is 519 g/mol. The van der Waals surface area contributed by atoms with Gasteiger partial charge in [-0.15, -0.1) is 0 Å². The number of nitrogens with zero attached hydrogens (tertiary/aromatic N) is 4. The molecule has 4 aromatic rings. The van der Waals surface area contributed by atoms with Crippen molar-refractivity contribution in [1.82, 2.24) is 25.0 Å². The Bertz CT molecular complexity index is 1530. The Hall–Kier alpha value is -4.08. The lowest BCUT2D eigenvalue weighted by atomic mass is 9.90. The van der Waals surface area contributed by atoms with Crippen LogP contribution in [-0.4, -0.2) is 58.2 Å². The van der Waals surface area contributed by atoms with Gasteiger partial charge in [-0.25, -0.2) is 9.07 Å². The summed E-state index contributed by atoms with van der Waals surface area (Å²) in [5, 5.41) is 10.5. The van der Waals surface area contributed by atoms with Gasteiger partial charge in [0, 0.05) is 30.9 Å². The van der Waals surface area contributed by atoms with Crippen molar-refractivity contribution in [2.45, 2.75) is 13.3 Å². The van der Waals surface area contributed by atoms with E-state index >= 15 is 0 Å². The Morgan fingerprint density at radius 3 is 2.59 bits per heavy atom. The van der Waals surface area contributed by atoms with Gasteiger partial charge in [0.1, 0.15) is 17.3 Å². The van der Waals surface area contributed by atoms with Gasteiger partial charge in [-0.05, 0) is 61.8 Å². The van der Waals surface area contributed by atoms with Crippen molar-refractivity contribution in [3.63, 3.8) is 0 Å². The Balaban J connectivity index is 1.42. The van der Waals surface area contributed by atoms with Gasteiger partial charge >= 0.3 is 0 Å². The Kier molecular flexibility index (Phi) is 7.45. The van der Waals surface area contributed by atoms with Gasteiger partial charge in [-0.2, -0.15) is 5.10 Å². The van der Waals surface area contributed by atoms with Crippen LogP contribution >= 0.6 is 11.6 Å². The number of anilines is 1. The number of carbonyl (C=O) groups is 2. The summed E-state index contributed by atoms with van der Waals surface area (Å²) in [6.45, 7) is 4.55. The van der Waals surface area contributed by atoms with Crippen LogP contribution < -0.4 is 10.6 Å². The maximum absolute atomic E-state index is 14.3. The van der Waals surface area contributed by atoms with E-state index in [9.17, 15) is 14.0 Å². The van der Waals surface area contributed by atoms with E-state index in [0.717, 1.165) is 19.5 Å². The summed E-state index contributed by atoms with van der Waals surface area (Å²) >= 11 is 6.36. The van der Waals surface area contributed by atoms with Crippen molar-refractivity contribution in [1.29, 1.82) is 0 Å². The molecule has 0 aliphatic carbocycles. The van der Waals surface area contributed by atoms with Gasteiger partial charge in [0.05, 0.1) is 16.3 Å². The van der Waals surface area contributed by atoms with Crippen LogP contribution in [0.25, 0.3) is 16.9 Å². The van der Waals surface area contributed by atoms with Gasteiger partial charge in [0.25, 0.3) is 11.8 Å². The zero-order valence-corrected chi connectivity index (χ0v) is 22.4. The predicted octanol–water partition coefficient (Wildman–Crippen LogP) is 5.05. The van der Waals surface area contributed by atoms with Crippen LogP contribution in [-0.2, 0) is 0 Å².